The molecule has 14 heteroatoms. The van der Waals surface area contributed by atoms with Crippen LogP contribution >= 0.6 is 0 Å². The van der Waals surface area contributed by atoms with Gasteiger partial charge in [-0.1, -0.05) is 104 Å². The van der Waals surface area contributed by atoms with Crippen LogP contribution < -0.4 is 16.0 Å². The molecule has 6 N–H and O–H groups in total. The molecule has 0 aromatic rings. The summed E-state index contributed by atoms with van der Waals surface area (Å²) in [6, 6.07) is 0. The van der Waals surface area contributed by atoms with Crippen LogP contribution in [0.1, 0.15) is 373 Å². The van der Waals surface area contributed by atoms with Crippen LogP contribution in [0.4, 0.5) is 0 Å². The maximum Gasteiger partial charge on any atom is 0.310 e. The molecule has 0 aromatic carbocycles. The summed E-state index contributed by atoms with van der Waals surface area (Å²) in [7, 11) is 6.88. The Kier molecular flexibility index (Phi) is 29.3. The summed E-state index contributed by atoms with van der Waals surface area (Å²) in [6.07, 6.45) is 27.1. The molecule has 6 heterocycles. The Morgan fingerprint density at radius 2 is 0.699 bits per heavy atom. The molecule has 0 radical (unpaired) electrons. The Labute approximate surface area is 633 Å². The molecule has 6 saturated heterocycles. The molecule has 6 aliphatic heterocycles. The first-order valence-electron chi connectivity index (χ1n) is 42.4. The van der Waals surface area contributed by atoms with E-state index in [9.17, 15) is 24.9 Å². The molecule has 7 atom stereocenters. The summed E-state index contributed by atoms with van der Waals surface area (Å²) < 4.78 is 8.60. The molecule has 14 nitrogen and oxygen atoms in total. The molecule has 6 rings (SSSR count). The van der Waals surface area contributed by atoms with Gasteiger partial charge in [0, 0.05) is 84.2 Å². The predicted octanol–water partition coefficient (Wildman–Crippen LogP) is 20.3. The van der Waals surface area contributed by atoms with Crippen molar-refractivity contribution in [2.24, 2.45) is 76.9 Å². The molecule has 103 heavy (non-hydrogen) atoms. The molecule has 6 aliphatic rings. The Hall–Kier alpha value is -2.36. The van der Waals surface area contributed by atoms with E-state index in [1.54, 1.807) is 0 Å². The van der Waals surface area contributed by atoms with Crippen LogP contribution in [0.3, 0.4) is 0 Å². The number of aliphatic carboxylic acids is 3. The van der Waals surface area contributed by atoms with Crippen LogP contribution in [0.25, 0.3) is 0 Å². The van der Waals surface area contributed by atoms with E-state index >= 15 is 9.59 Å². The van der Waals surface area contributed by atoms with E-state index in [2.05, 4.69) is 232 Å². The average Bonchev–Trinajstić information content (AvgIpc) is 0.722. The fourth-order valence-electron chi connectivity index (χ4n) is 25.4. The fraction of sp³-hybridized carbons (Fsp3) is 0.955. The van der Waals surface area contributed by atoms with E-state index in [0.29, 0.717) is 25.7 Å². The second-order valence-electron chi connectivity index (χ2n) is 44.0. The van der Waals surface area contributed by atoms with Gasteiger partial charge in [0.05, 0.1) is 24.2 Å². The highest BCUT2D eigenvalue weighted by molar-refractivity contribution is 5.88. The van der Waals surface area contributed by atoms with Gasteiger partial charge in [0.15, 0.2) is 0 Å². The number of unbranched alkanes of at least 4 members (excludes halogenated alkanes) is 12. The number of nitrogens with one attached hydrogen (secondary N) is 3. The Balaban J connectivity index is 1.83. The molecule has 0 saturated carbocycles. The van der Waals surface area contributed by atoms with Gasteiger partial charge < -0.3 is 36.0 Å². The lowest BCUT2D eigenvalue weighted by molar-refractivity contribution is -0.223. The summed E-state index contributed by atoms with van der Waals surface area (Å²) in [5.41, 5.74) is -4.76. The third kappa shape index (κ3) is 22.7. The number of carbonyl (C=O) groups is 4. The third-order valence-electron chi connectivity index (χ3n) is 29.0. The predicted molar refractivity (Wildman–Crippen MR) is 429 cm³/mol. The number of carboxylic acid groups (broad SMARTS) is 3. The molecule has 600 valence electrons. The van der Waals surface area contributed by atoms with Crippen LogP contribution in [0.5, 0.6) is 0 Å². The van der Waals surface area contributed by atoms with Crippen molar-refractivity contribution in [3.05, 3.63) is 0 Å². The smallest absolute Gasteiger partial charge is 0.310 e. The van der Waals surface area contributed by atoms with Gasteiger partial charge in [-0.05, 0) is 325 Å². The van der Waals surface area contributed by atoms with E-state index in [4.69, 9.17) is 4.74 Å². The maximum atomic E-state index is 18.4. The van der Waals surface area contributed by atoms with Crippen LogP contribution in [0.2, 0.25) is 0 Å². The topological polar surface area (TPSA) is 184 Å². The van der Waals surface area contributed by atoms with E-state index in [1.807, 2.05) is 0 Å². The summed E-state index contributed by atoms with van der Waals surface area (Å²) in [5, 5.41) is 47.8. The van der Waals surface area contributed by atoms with Crippen molar-refractivity contribution in [3.8, 4) is 0 Å². The molecule has 0 aliphatic carbocycles. The molecule has 6 fully saturated rings. The van der Waals surface area contributed by atoms with Crippen molar-refractivity contribution in [3.63, 3.8) is 0 Å². The van der Waals surface area contributed by atoms with Gasteiger partial charge in [0.25, 0.3) is 0 Å². The minimum absolute atomic E-state index is 0.0221. The largest absolute Gasteiger partial charge is 0.481 e. The first kappa shape index (κ1) is 89.5. The van der Waals surface area contributed by atoms with Crippen LogP contribution in [0, 0.1) is 76.9 Å². The van der Waals surface area contributed by atoms with Crippen LogP contribution in [0.15, 0.2) is 0 Å². The lowest BCUT2D eigenvalue weighted by Crippen LogP contribution is -2.70. The van der Waals surface area contributed by atoms with Gasteiger partial charge in [-0.25, -0.2) is 0 Å². The first-order chi connectivity index (χ1) is 46.9. The maximum absolute atomic E-state index is 18.4. The number of nitrogens with zero attached hydrogens (tertiary/aromatic N) is 3. The Bertz CT molecular complexity index is 2640. The molecule has 0 amide bonds. The number of piperidine rings is 6. The van der Waals surface area contributed by atoms with Gasteiger partial charge in [-0.3, -0.25) is 33.9 Å². The van der Waals surface area contributed by atoms with Crippen LogP contribution in [-0.2, 0) is 23.9 Å². The van der Waals surface area contributed by atoms with E-state index in [0.717, 1.165) is 96.3 Å². The van der Waals surface area contributed by atoms with E-state index < -0.39 is 75.8 Å². The lowest BCUT2D eigenvalue weighted by Gasteiger charge is -2.63. The van der Waals surface area contributed by atoms with Gasteiger partial charge in [0.1, 0.15) is 5.60 Å². The molecule has 0 spiro atoms. The van der Waals surface area contributed by atoms with Crippen molar-refractivity contribution in [2.75, 3.05) is 21.1 Å². The molecule has 0 bridgehead atoms. The Morgan fingerprint density at radius 1 is 0.388 bits per heavy atom. The first-order valence-corrected chi connectivity index (χ1v) is 42.4. The number of ether oxygens (including phenoxy) is 1. The number of likely N-dealkylation sites (tertiary alicyclic amines) is 3. The monoisotopic (exact) mass is 1450 g/mol. The minimum Gasteiger partial charge on any atom is -0.481 e. The summed E-state index contributed by atoms with van der Waals surface area (Å²) in [4.78, 5) is 69.8. The highest BCUT2D eigenvalue weighted by atomic mass is 16.6. The number of carbonyl (C=O) groups excluding carboxylic acids is 1. The van der Waals surface area contributed by atoms with Gasteiger partial charge in [-0.15, -0.1) is 0 Å². The Morgan fingerprint density at radius 3 is 1.03 bits per heavy atom. The highest BCUT2D eigenvalue weighted by Crippen LogP contribution is 2.62. The lowest BCUT2D eigenvalue weighted by atomic mass is 9.51. The normalized spacial score (nSPS) is 27.4. The second-order valence-corrected chi connectivity index (χ2v) is 44.0. The van der Waals surface area contributed by atoms with Gasteiger partial charge in [0.2, 0.25) is 0 Å². The quantitative estimate of drug-likeness (QED) is 0.0260. The van der Waals surface area contributed by atoms with Crippen molar-refractivity contribution in [2.45, 2.75) is 445 Å². The van der Waals surface area contributed by atoms with Crippen molar-refractivity contribution in [1.29, 1.82) is 0 Å². The highest BCUT2D eigenvalue weighted by Gasteiger charge is 2.65. The molecule has 0 aromatic heterocycles. The number of rotatable bonds is 35. The van der Waals surface area contributed by atoms with Crippen molar-refractivity contribution < 1.29 is 39.2 Å². The van der Waals surface area contributed by atoms with Crippen molar-refractivity contribution in [1.82, 2.24) is 30.7 Å². The van der Waals surface area contributed by atoms with Gasteiger partial charge in [-0.2, -0.15) is 0 Å². The van der Waals surface area contributed by atoms with E-state index in [-0.39, 0.29) is 110 Å². The van der Waals surface area contributed by atoms with Crippen molar-refractivity contribution >= 4 is 23.9 Å². The molecular formula is C89H166N6O8. The second kappa shape index (κ2) is 33.7. The molecular weight excluding hydrogens is 1280 g/mol. The summed E-state index contributed by atoms with van der Waals surface area (Å²) >= 11 is 0. The van der Waals surface area contributed by atoms with Crippen LogP contribution in [-0.4, -0.2) is 147 Å². The zero-order valence-corrected chi connectivity index (χ0v) is 72.4. The number of carboxylic acids is 3. The number of hydrogen-bond acceptors (Lipinski definition) is 11. The summed E-state index contributed by atoms with van der Waals surface area (Å²) in [6.45, 7) is 61.4. The average molecular weight is 1450 g/mol. The standard InChI is InChI=1S/C89H166N6O8/c1-30-32-34-36-38-39-41-43-45-70(62-48-77(3,4)90-78(5,6)49-62)89(64-56-79(7,8)91-80(9,10)57-64,65-58-81(11,12)92-82(13,14)59-65)103-76(102)69(73(75(100)101)68(74(98)99)47-71(96)97)46-67(61-52-85(19,20)94(28)86(21,22)53-61)72(63-54-87(23,24)95(29)88(25,26)55-63)66(44-42-40-37-35-33-31-2)60-50-83(15,16)93(27)84(17,18)51-60/h60-70,72-73,90-92H,30-59H2,1-29H3,(H,96,97)(H,98,99)(H,100,101). The SMILES string of the molecule is CCCCCCCCCCC(C1CC(C)(C)NC(C)(C)C1)C(OC(=O)C(CC(C1CC(C)(C)N(C)C(C)(C)C1)C(C1CC(C)(C)N(C)C(C)(C)C1)C(CCCCCCCC)C1CC(C)(C)N(C)C(C)(C)C1)C(C(=O)O)C(CC(=O)O)C(=O)O)(C1CC(C)(C)NC(C)(C)C1)C1CC(C)(C)NC(C)(C)C1. The zero-order chi connectivity index (χ0) is 78.1. The van der Waals surface area contributed by atoms with E-state index in [1.165, 1.54) is 57.8 Å². The van der Waals surface area contributed by atoms with Gasteiger partial charge >= 0.3 is 23.9 Å². The fourth-order valence-corrected chi connectivity index (χ4v) is 25.4. The summed E-state index contributed by atoms with van der Waals surface area (Å²) in [5.74, 6) is -10.5. The zero-order valence-electron chi connectivity index (χ0n) is 72.4. The number of hydrogen-bond donors (Lipinski definition) is 6. The third-order valence-corrected chi connectivity index (χ3v) is 29.0. The molecule has 7 unspecified atom stereocenters. The minimum atomic E-state index is -1.92. The number of esters is 1.